The highest BCUT2D eigenvalue weighted by Gasteiger charge is 2.35. The first-order valence-electron chi connectivity index (χ1n) is 11.8. The summed E-state index contributed by atoms with van der Waals surface area (Å²) in [5.74, 6) is 0.994. The molecular formula is C26H29F3N4O2. The fourth-order valence-electron chi connectivity index (χ4n) is 3.92. The quantitative estimate of drug-likeness (QED) is 0.344. The molecule has 9 heteroatoms. The molecule has 1 aliphatic carbocycles. The lowest BCUT2D eigenvalue weighted by Gasteiger charge is -2.23. The minimum atomic E-state index is -4.62. The van der Waals surface area contributed by atoms with Crippen molar-refractivity contribution in [3.63, 3.8) is 0 Å². The van der Waals surface area contributed by atoms with Crippen LogP contribution in [0.3, 0.4) is 0 Å². The van der Waals surface area contributed by atoms with Gasteiger partial charge in [-0.3, -0.25) is 0 Å². The summed E-state index contributed by atoms with van der Waals surface area (Å²) in [5.41, 5.74) is 0.0935. The van der Waals surface area contributed by atoms with Crippen molar-refractivity contribution in [3.05, 3.63) is 60.3 Å². The van der Waals surface area contributed by atoms with E-state index < -0.39 is 11.7 Å². The highest BCUT2D eigenvalue weighted by molar-refractivity contribution is 5.64. The number of alkyl halides is 3. The van der Waals surface area contributed by atoms with Gasteiger partial charge in [0.25, 0.3) is 0 Å². The molecule has 0 bridgehead atoms. The van der Waals surface area contributed by atoms with Crippen LogP contribution >= 0.6 is 0 Å². The monoisotopic (exact) mass is 486 g/mol. The number of hydrogen-bond acceptors (Lipinski definition) is 6. The number of nitrogens with one attached hydrogen (secondary N) is 2. The Morgan fingerprint density at radius 2 is 1.66 bits per heavy atom. The lowest BCUT2D eigenvalue weighted by Crippen LogP contribution is -2.19. The minimum Gasteiger partial charge on any atom is -0.491 e. The summed E-state index contributed by atoms with van der Waals surface area (Å²) in [6, 6.07) is 14.0. The van der Waals surface area contributed by atoms with Crippen LogP contribution in [0.1, 0.15) is 51.5 Å². The average Bonchev–Trinajstić information content (AvgIpc) is 2.80. The van der Waals surface area contributed by atoms with E-state index in [0.29, 0.717) is 17.1 Å². The van der Waals surface area contributed by atoms with Crippen molar-refractivity contribution in [1.82, 2.24) is 9.97 Å². The molecule has 0 spiro atoms. The predicted molar refractivity (Wildman–Crippen MR) is 130 cm³/mol. The molecule has 1 heterocycles. The second-order valence-corrected chi connectivity index (χ2v) is 8.80. The highest BCUT2D eigenvalue weighted by Crippen LogP contribution is 2.36. The van der Waals surface area contributed by atoms with Crippen molar-refractivity contribution in [2.24, 2.45) is 0 Å². The second-order valence-electron chi connectivity index (χ2n) is 8.80. The zero-order valence-corrected chi connectivity index (χ0v) is 19.7. The van der Waals surface area contributed by atoms with E-state index in [1.54, 1.807) is 36.4 Å². The van der Waals surface area contributed by atoms with Crippen LogP contribution in [-0.2, 0) is 6.18 Å². The van der Waals surface area contributed by atoms with Gasteiger partial charge < -0.3 is 20.1 Å². The standard InChI is InChI=1S/C26H29F3N4O2/c1-17(2)34-22-10-6-7-19(15-22)31-24-23(26(27,28)29)16-30-25(33-24)32-18-11-13-21(14-12-18)35-20-8-4-3-5-9-20/h6-7,10-17,20H,3-5,8-9H2,1-2H3,(H2,30,31,32,33). The van der Waals surface area contributed by atoms with Crippen LogP contribution in [0.4, 0.5) is 36.3 Å². The van der Waals surface area contributed by atoms with Gasteiger partial charge in [-0.1, -0.05) is 12.5 Å². The van der Waals surface area contributed by atoms with Crippen molar-refractivity contribution in [3.8, 4) is 11.5 Å². The Labute approximate surface area is 202 Å². The Bertz CT molecular complexity index is 1110. The fraction of sp³-hybridized carbons (Fsp3) is 0.385. The van der Waals surface area contributed by atoms with E-state index in [-0.39, 0.29) is 24.0 Å². The van der Waals surface area contributed by atoms with Gasteiger partial charge in [-0.2, -0.15) is 18.2 Å². The molecular weight excluding hydrogens is 457 g/mol. The zero-order valence-electron chi connectivity index (χ0n) is 19.7. The van der Waals surface area contributed by atoms with Gasteiger partial charge in [0.05, 0.1) is 12.2 Å². The molecule has 0 saturated heterocycles. The molecule has 4 rings (SSSR count). The van der Waals surface area contributed by atoms with Gasteiger partial charge in [0.15, 0.2) is 0 Å². The lowest BCUT2D eigenvalue weighted by molar-refractivity contribution is -0.137. The molecule has 2 aromatic carbocycles. The second kappa shape index (κ2) is 10.8. The molecule has 2 N–H and O–H groups in total. The molecule has 1 fully saturated rings. The van der Waals surface area contributed by atoms with Crippen LogP contribution in [0.25, 0.3) is 0 Å². The van der Waals surface area contributed by atoms with Crippen molar-refractivity contribution >= 4 is 23.1 Å². The van der Waals surface area contributed by atoms with E-state index in [1.165, 1.54) is 19.3 Å². The Morgan fingerprint density at radius 1 is 0.914 bits per heavy atom. The van der Waals surface area contributed by atoms with E-state index >= 15 is 0 Å². The normalized spacial score (nSPS) is 14.6. The molecule has 186 valence electrons. The largest absolute Gasteiger partial charge is 0.491 e. The molecule has 0 radical (unpaired) electrons. The third kappa shape index (κ3) is 7.00. The van der Waals surface area contributed by atoms with Crippen molar-refractivity contribution < 1.29 is 22.6 Å². The molecule has 1 saturated carbocycles. The summed E-state index contributed by atoms with van der Waals surface area (Å²) in [6.07, 6.45) is 2.05. The van der Waals surface area contributed by atoms with Gasteiger partial charge in [-0.15, -0.1) is 0 Å². The molecule has 0 unspecified atom stereocenters. The number of nitrogens with zero attached hydrogens (tertiary/aromatic N) is 2. The Kier molecular flexibility index (Phi) is 7.63. The van der Waals surface area contributed by atoms with Gasteiger partial charge in [0.2, 0.25) is 5.95 Å². The first-order valence-corrected chi connectivity index (χ1v) is 11.8. The fourth-order valence-corrected chi connectivity index (χ4v) is 3.92. The van der Waals surface area contributed by atoms with Gasteiger partial charge in [-0.25, -0.2) is 4.98 Å². The molecule has 1 aliphatic rings. The van der Waals surface area contributed by atoms with Crippen molar-refractivity contribution in [2.45, 2.75) is 64.3 Å². The number of halogens is 3. The number of hydrogen-bond donors (Lipinski definition) is 2. The number of aromatic nitrogens is 2. The number of rotatable bonds is 8. The number of ether oxygens (including phenoxy) is 2. The van der Waals surface area contributed by atoms with Crippen LogP contribution in [0.2, 0.25) is 0 Å². The summed E-state index contributed by atoms with van der Waals surface area (Å²) in [7, 11) is 0. The van der Waals surface area contributed by atoms with Crippen LogP contribution in [0, 0.1) is 0 Å². The minimum absolute atomic E-state index is 0.0380. The van der Waals surface area contributed by atoms with Gasteiger partial charge in [0.1, 0.15) is 22.9 Å². The van der Waals surface area contributed by atoms with E-state index in [9.17, 15) is 13.2 Å². The Balaban J connectivity index is 1.50. The van der Waals surface area contributed by atoms with E-state index in [0.717, 1.165) is 24.8 Å². The maximum atomic E-state index is 13.6. The summed E-state index contributed by atoms with van der Waals surface area (Å²) < 4.78 is 52.5. The Morgan fingerprint density at radius 3 is 2.34 bits per heavy atom. The van der Waals surface area contributed by atoms with E-state index in [4.69, 9.17) is 9.47 Å². The first kappa shape index (κ1) is 24.6. The molecule has 3 aromatic rings. The maximum Gasteiger partial charge on any atom is 0.421 e. The van der Waals surface area contributed by atoms with Gasteiger partial charge >= 0.3 is 6.18 Å². The van der Waals surface area contributed by atoms with Crippen LogP contribution in [0.5, 0.6) is 11.5 Å². The maximum absolute atomic E-state index is 13.6. The summed E-state index contributed by atoms with van der Waals surface area (Å²) in [4.78, 5) is 7.99. The van der Waals surface area contributed by atoms with Crippen LogP contribution < -0.4 is 20.1 Å². The van der Waals surface area contributed by atoms with Crippen LogP contribution in [-0.4, -0.2) is 22.2 Å². The van der Waals surface area contributed by atoms with Gasteiger partial charge in [0, 0.05) is 23.6 Å². The van der Waals surface area contributed by atoms with Crippen LogP contribution in [0.15, 0.2) is 54.7 Å². The smallest absolute Gasteiger partial charge is 0.421 e. The third-order valence-electron chi connectivity index (χ3n) is 5.53. The molecule has 0 aliphatic heterocycles. The average molecular weight is 487 g/mol. The topological polar surface area (TPSA) is 68.3 Å². The number of anilines is 4. The highest BCUT2D eigenvalue weighted by atomic mass is 19.4. The Hall–Kier alpha value is -3.49. The molecule has 0 amide bonds. The lowest BCUT2D eigenvalue weighted by atomic mass is 9.98. The SMILES string of the molecule is CC(C)Oc1cccc(Nc2nc(Nc3ccc(OC4CCCCC4)cc3)ncc2C(F)(F)F)c1. The molecule has 1 aromatic heterocycles. The molecule has 35 heavy (non-hydrogen) atoms. The molecule has 6 nitrogen and oxygen atoms in total. The summed E-state index contributed by atoms with van der Waals surface area (Å²) in [5, 5.41) is 5.73. The summed E-state index contributed by atoms with van der Waals surface area (Å²) >= 11 is 0. The van der Waals surface area contributed by atoms with Crippen molar-refractivity contribution in [2.75, 3.05) is 10.6 Å². The summed E-state index contributed by atoms with van der Waals surface area (Å²) in [6.45, 7) is 3.75. The molecule has 0 atom stereocenters. The zero-order chi connectivity index (χ0) is 24.8. The predicted octanol–water partition coefficient (Wildman–Crippen LogP) is 7.48. The van der Waals surface area contributed by atoms with Gasteiger partial charge in [-0.05, 0) is 75.9 Å². The van der Waals surface area contributed by atoms with E-state index in [1.807, 2.05) is 26.0 Å². The third-order valence-corrected chi connectivity index (χ3v) is 5.53. The van der Waals surface area contributed by atoms with E-state index in [2.05, 4.69) is 20.6 Å². The number of benzene rings is 2. The first-order chi connectivity index (χ1) is 16.8. The van der Waals surface area contributed by atoms with Crippen molar-refractivity contribution in [1.29, 1.82) is 0 Å².